The second-order valence-electron chi connectivity index (χ2n) is 3.35. The Kier molecular flexibility index (Phi) is 7.96. The smallest absolute Gasteiger partial charge is 0.441 e. The second kappa shape index (κ2) is 8.62. The van der Waals surface area contributed by atoms with Gasteiger partial charge in [-0.25, -0.2) is 4.79 Å². The fourth-order valence-corrected chi connectivity index (χ4v) is 1.40. The lowest BCUT2D eigenvalue weighted by molar-refractivity contribution is -0.137. The number of nitrogens with one attached hydrogen (secondary N) is 2. The monoisotopic (exact) mass is 302 g/mol. The highest BCUT2D eigenvalue weighted by atomic mass is 32.2. The maximum Gasteiger partial charge on any atom is 0.441 e. The van der Waals surface area contributed by atoms with E-state index in [0.717, 1.165) is 0 Å². The van der Waals surface area contributed by atoms with E-state index in [1.54, 1.807) is 0 Å². The first-order valence-electron chi connectivity index (χ1n) is 5.21. The number of carbonyl (C=O) groups excluding carboxylic acids is 2. The first kappa shape index (κ1) is 17.6. The van der Waals surface area contributed by atoms with Crippen molar-refractivity contribution in [3.8, 4) is 0 Å². The molecule has 0 aromatic heterocycles. The maximum atomic E-state index is 11.7. The Morgan fingerprint density at radius 1 is 1.16 bits per heavy atom. The summed E-state index contributed by atoms with van der Waals surface area (Å²) in [5.41, 5.74) is -4.36. The average Bonchev–Trinajstić information content (AvgIpc) is 2.22. The summed E-state index contributed by atoms with van der Waals surface area (Å²) in [6.07, 6.45) is -0.257. The SMILES string of the molecule is O=C(O)CCCC(=O)NC(=O)NCCSC(F)(F)F. The van der Waals surface area contributed by atoms with Crippen molar-refractivity contribution in [1.82, 2.24) is 10.6 Å². The predicted octanol–water partition coefficient (Wildman–Crippen LogP) is 1.32. The minimum atomic E-state index is -4.36. The first-order valence-corrected chi connectivity index (χ1v) is 6.19. The topological polar surface area (TPSA) is 95.5 Å². The van der Waals surface area contributed by atoms with Crippen LogP contribution in [0.5, 0.6) is 0 Å². The van der Waals surface area contributed by atoms with Crippen LogP contribution in [0.1, 0.15) is 19.3 Å². The normalized spacial score (nSPS) is 10.9. The highest BCUT2D eigenvalue weighted by molar-refractivity contribution is 8.00. The number of carboxylic acid groups (broad SMARTS) is 1. The van der Waals surface area contributed by atoms with Crippen molar-refractivity contribution < 1.29 is 32.7 Å². The molecule has 3 N–H and O–H groups in total. The van der Waals surface area contributed by atoms with E-state index < -0.39 is 23.4 Å². The van der Waals surface area contributed by atoms with Crippen molar-refractivity contribution in [3.63, 3.8) is 0 Å². The number of hydrogen-bond donors (Lipinski definition) is 3. The van der Waals surface area contributed by atoms with Gasteiger partial charge >= 0.3 is 17.5 Å². The van der Waals surface area contributed by atoms with Crippen LogP contribution in [0.3, 0.4) is 0 Å². The Morgan fingerprint density at radius 3 is 2.32 bits per heavy atom. The van der Waals surface area contributed by atoms with Gasteiger partial charge < -0.3 is 10.4 Å². The van der Waals surface area contributed by atoms with E-state index in [9.17, 15) is 27.6 Å². The number of carboxylic acids is 1. The molecule has 0 spiro atoms. The highest BCUT2D eigenvalue weighted by Crippen LogP contribution is 2.29. The van der Waals surface area contributed by atoms with Gasteiger partial charge in [0.05, 0.1) is 0 Å². The quantitative estimate of drug-likeness (QED) is 0.616. The van der Waals surface area contributed by atoms with Crippen molar-refractivity contribution in [2.75, 3.05) is 12.3 Å². The molecule has 0 atom stereocenters. The van der Waals surface area contributed by atoms with Crippen LogP contribution in [-0.4, -0.2) is 40.8 Å². The minimum Gasteiger partial charge on any atom is -0.481 e. The van der Waals surface area contributed by atoms with Crippen LogP contribution < -0.4 is 10.6 Å². The van der Waals surface area contributed by atoms with Gasteiger partial charge in [0.2, 0.25) is 5.91 Å². The number of aliphatic carboxylic acids is 1. The van der Waals surface area contributed by atoms with Gasteiger partial charge in [0, 0.05) is 25.1 Å². The molecule has 0 fully saturated rings. The zero-order valence-electron chi connectivity index (χ0n) is 9.75. The molecule has 0 aliphatic carbocycles. The highest BCUT2D eigenvalue weighted by Gasteiger charge is 2.27. The molecule has 0 saturated heterocycles. The van der Waals surface area contributed by atoms with E-state index in [0.29, 0.717) is 0 Å². The molecule has 3 amide bonds. The molecule has 19 heavy (non-hydrogen) atoms. The number of urea groups is 1. The third-order valence-corrected chi connectivity index (χ3v) is 2.44. The largest absolute Gasteiger partial charge is 0.481 e. The lowest BCUT2D eigenvalue weighted by Gasteiger charge is -2.07. The van der Waals surface area contributed by atoms with Crippen LogP contribution in [0.2, 0.25) is 0 Å². The van der Waals surface area contributed by atoms with Crippen LogP contribution in [0, 0.1) is 0 Å². The molecule has 0 unspecified atom stereocenters. The molecule has 0 aromatic rings. The van der Waals surface area contributed by atoms with E-state index >= 15 is 0 Å². The van der Waals surface area contributed by atoms with Crippen molar-refractivity contribution in [3.05, 3.63) is 0 Å². The van der Waals surface area contributed by atoms with Gasteiger partial charge in [-0.2, -0.15) is 13.2 Å². The Balaban J connectivity index is 3.63. The minimum absolute atomic E-state index is 0.0817. The summed E-state index contributed by atoms with van der Waals surface area (Å²) < 4.78 is 35.2. The molecule has 10 heteroatoms. The van der Waals surface area contributed by atoms with E-state index in [2.05, 4.69) is 5.32 Å². The van der Waals surface area contributed by atoms with Gasteiger partial charge in [-0.15, -0.1) is 0 Å². The Labute approximate surface area is 111 Å². The molecule has 0 bridgehead atoms. The number of amides is 3. The Hall–Kier alpha value is -1.45. The third-order valence-electron chi connectivity index (χ3n) is 1.70. The van der Waals surface area contributed by atoms with Crippen molar-refractivity contribution in [2.45, 2.75) is 24.8 Å². The lowest BCUT2D eigenvalue weighted by atomic mass is 10.2. The molecule has 0 rings (SSSR count). The maximum absolute atomic E-state index is 11.7. The van der Waals surface area contributed by atoms with Crippen molar-refractivity contribution in [2.24, 2.45) is 0 Å². The van der Waals surface area contributed by atoms with Gasteiger partial charge in [-0.1, -0.05) is 0 Å². The number of rotatable bonds is 7. The standard InChI is InChI=1S/C9H13F3N2O4S/c10-9(11,12)19-5-4-13-8(18)14-6(15)2-1-3-7(16)17/h1-5H2,(H,16,17)(H2,13,14,15,18). The molecular weight excluding hydrogens is 289 g/mol. The van der Waals surface area contributed by atoms with E-state index in [-0.39, 0.29) is 43.3 Å². The molecule has 0 heterocycles. The molecule has 6 nitrogen and oxygen atoms in total. The lowest BCUT2D eigenvalue weighted by Crippen LogP contribution is -2.40. The summed E-state index contributed by atoms with van der Waals surface area (Å²) in [5.74, 6) is -2.09. The second-order valence-corrected chi connectivity index (χ2v) is 4.51. The number of hydrogen-bond acceptors (Lipinski definition) is 4. The third kappa shape index (κ3) is 12.8. The molecule has 0 aromatic carbocycles. The summed E-state index contributed by atoms with van der Waals surface area (Å²) >= 11 is -0.281. The van der Waals surface area contributed by atoms with Crippen LogP contribution >= 0.6 is 11.8 Å². The van der Waals surface area contributed by atoms with Gasteiger partial charge in [-0.3, -0.25) is 14.9 Å². The van der Waals surface area contributed by atoms with Gasteiger partial charge in [-0.05, 0) is 18.2 Å². The van der Waals surface area contributed by atoms with Gasteiger partial charge in [0.15, 0.2) is 0 Å². The fraction of sp³-hybridized carbons (Fsp3) is 0.667. The summed E-state index contributed by atoms with van der Waals surface area (Å²) in [4.78, 5) is 32.3. The number of imide groups is 1. The Morgan fingerprint density at radius 2 is 1.79 bits per heavy atom. The van der Waals surface area contributed by atoms with E-state index in [4.69, 9.17) is 5.11 Å². The molecule has 0 aliphatic heterocycles. The van der Waals surface area contributed by atoms with Gasteiger partial charge in [0.1, 0.15) is 0 Å². The van der Waals surface area contributed by atoms with Crippen LogP contribution in [0.4, 0.5) is 18.0 Å². The number of halogens is 3. The summed E-state index contributed by atoms with van der Waals surface area (Å²) in [6.45, 7) is -0.238. The molecule has 110 valence electrons. The van der Waals surface area contributed by atoms with Crippen molar-refractivity contribution >= 4 is 29.7 Å². The number of alkyl halides is 3. The Bertz CT molecular complexity index is 336. The van der Waals surface area contributed by atoms with E-state index in [1.165, 1.54) is 0 Å². The molecule has 0 aliphatic rings. The van der Waals surface area contributed by atoms with Gasteiger partial charge in [0.25, 0.3) is 0 Å². The zero-order valence-corrected chi connectivity index (χ0v) is 10.6. The summed E-state index contributed by atoms with van der Waals surface area (Å²) in [6, 6.07) is -0.900. The van der Waals surface area contributed by atoms with Crippen LogP contribution in [0.15, 0.2) is 0 Å². The molecule has 0 saturated carbocycles. The molecular formula is C9H13F3N2O4S. The van der Waals surface area contributed by atoms with Crippen molar-refractivity contribution in [1.29, 1.82) is 0 Å². The zero-order chi connectivity index (χ0) is 14.9. The fourth-order valence-electron chi connectivity index (χ4n) is 0.965. The summed E-state index contributed by atoms with van der Waals surface area (Å²) in [5, 5.41) is 12.3. The predicted molar refractivity (Wildman–Crippen MR) is 61.5 cm³/mol. The molecule has 0 radical (unpaired) electrons. The van der Waals surface area contributed by atoms with E-state index in [1.807, 2.05) is 5.32 Å². The number of carbonyl (C=O) groups is 3. The van der Waals surface area contributed by atoms with Crippen LogP contribution in [-0.2, 0) is 9.59 Å². The average molecular weight is 302 g/mol. The number of thioether (sulfide) groups is 1. The first-order chi connectivity index (χ1) is 8.70. The van der Waals surface area contributed by atoms with Crippen LogP contribution in [0.25, 0.3) is 0 Å². The summed E-state index contributed by atoms with van der Waals surface area (Å²) in [7, 11) is 0.